The highest BCUT2D eigenvalue weighted by Gasteiger charge is 2.26. The maximum atomic E-state index is 11.6. The van der Waals surface area contributed by atoms with E-state index in [4.69, 9.17) is 4.42 Å². The van der Waals surface area contributed by atoms with Crippen LogP contribution in [0, 0.1) is 6.92 Å². The molecule has 1 aromatic carbocycles. The van der Waals surface area contributed by atoms with Gasteiger partial charge in [-0.25, -0.2) is 0 Å². The fourth-order valence-corrected chi connectivity index (χ4v) is 2.61. The van der Waals surface area contributed by atoms with Gasteiger partial charge in [0.15, 0.2) is 0 Å². The summed E-state index contributed by atoms with van der Waals surface area (Å²) in [5.41, 5.74) is 2.65. The van der Waals surface area contributed by atoms with E-state index in [1.807, 2.05) is 31.4 Å². The summed E-state index contributed by atoms with van der Waals surface area (Å²) in [6, 6.07) is 5.80. The second-order valence-corrected chi connectivity index (χ2v) is 5.80. The first-order chi connectivity index (χ1) is 10.0. The lowest BCUT2D eigenvalue weighted by Crippen LogP contribution is -2.48. The van der Waals surface area contributed by atoms with Crippen molar-refractivity contribution < 1.29 is 19.3 Å². The lowest BCUT2D eigenvalue weighted by atomic mass is 9.76. The van der Waals surface area contributed by atoms with Crippen molar-refractivity contribution in [3.8, 4) is 0 Å². The average Bonchev–Trinajstić information content (AvgIpc) is 2.83. The molecule has 2 aromatic rings. The van der Waals surface area contributed by atoms with Crippen LogP contribution in [0.1, 0.15) is 11.1 Å². The van der Waals surface area contributed by atoms with Crippen molar-refractivity contribution in [1.29, 1.82) is 0 Å². The van der Waals surface area contributed by atoms with Crippen molar-refractivity contribution in [2.45, 2.75) is 19.3 Å². The number of amides is 1. The van der Waals surface area contributed by atoms with Crippen LogP contribution in [0.2, 0.25) is 0 Å². The zero-order valence-electron chi connectivity index (χ0n) is 12.0. The number of furan rings is 1. The van der Waals surface area contributed by atoms with E-state index in [0.717, 1.165) is 22.1 Å². The first-order valence-electron chi connectivity index (χ1n) is 6.63. The van der Waals surface area contributed by atoms with Crippen molar-refractivity contribution in [2.75, 3.05) is 12.0 Å². The van der Waals surface area contributed by atoms with Crippen LogP contribution < -0.4 is 5.32 Å². The molecular formula is C14H18BNO4S. The lowest BCUT2D eigenvalue weighted by Gasteiger charge is -2.17. The molecule has 3 N–H and O–H groups in total. The number of para-hydroxylation sites is 1. The van der Waals surface area contributed by atoms with Gasteiger partial charge in [0.2, 0.25) is 5.91 Å². The van der Waals surface area contributed by atoms with Gasteiger partial charge in [0.1, 0.15) is 5.58 Å². The molecule has 1 heterocycles. The van der Waals surface area contributed by atoms with Crippen LogP contribution in [0.3, 0.4) is 0 Å². The van der Waals surface area contributed by atoms with Gasteiger partial charge in [-0.3, -0.25) is 4.79 Å². The fourth-order valence-electron chi connectivity index (χ4n) is 2.26. The average molecular weight is 307 g/mol. The molecule has 0 saturated heterocycles. The number of carbonyl (C=O) groups is 1. The quantitative estimate of drug-likeness (QED) is 0.697. The van der Waals surface area contributed by atoms with Gasteiger partial charge in [0, 0.05) is 5.39 Å². The summed E-state index contributed by atoms with van der Waals surface area (Å²) in [5.74, 6) is -0.690. The number of carbonyl (C=O) groups excluding carboxylic acids is 1. The van der Waals surface area contributed by atoms with E-state index in [9.17, 15) is 14.8 Å². The van der Waals surface area contributed by atoms with Crippen LogP contribution in [-0.2, 0) is 11.2 Å². The number of nitrogens with one attached hydrogen (secondary N) is 1. The molecule has 1 aromatic heterocycles. The molecule has 0 aliphatic carbocycles. The Kier molecular flexibility index (Phi) is 5.33. The maximum Gasteiger partial charge on any atom is 0.475 e. The van der Waals surface area contributed by atoms with Gasteiger partial charge in [-0.05, 0) is 30.7 Å². The SMILES string of the molecule is CSCC(=O)NC(Cc1coc2c(C)cccc12)B(O)O. The standard InChI is InChI=1S/C14H18BNO4S/c1-9-4-3-5-11-10(7-20-14(9)11)6-12(15(18)19)16-13(17)8-21-2/h3-5,7,12,18-19H,6,8H2,1-2H3,(H,16,17). The van der Waals surface area contributed by atoms with Crippen LogP contribution in [0.25, 0.3) is 11.0 Å². The van der Waals surface area contributed by atoms with Gasteiger partial charge in [-0.2, -0.15) is 11.8 Å². The molecule has 1 amide bonds. The maximum absolute atomic E-state index is 11.6. The Morgan fingerprint density at radius 3 is 2.90 bits per heavy atom. The molecule has 0 radical (unpaired) electrons. The molecule has 0 aliphatic heterocycles. The van der Waals surface area contributed by atoms with Crippen LogP contribution in [0.5, 0.6) is 0 Å². The molecule has 0 aliphatic rings. The Hall–Kier alpha value is -1.44. The Balaban J connectivity index is 2.19. The number of fused-ring (bicyclic) bond motifs is 1. The fraction of sp³-hybridized carbons (Fsp3) is 0.357. The summed E-state index contributed by atoms with van der Waals surface area (Å²) < 4.78 is 5.53. The van der Waals surface area contributed by atoms with Gasteiger partial charge >= 0.3 is 7.12 Å². The van der Waals surface area contributed by atoms with Crippen molar-refractivity contribution >= 4 is 35.8 Å². The van der Waals surface area contributed by atoms with E-state index >= 15 is 0 Å². The van der Waals surface area contributed by atoms with Crippen LogP contribution >= 0.6 is 11.8 Å². The highest BCUT2D eigenvalue weighted by Crippen LogP contribution is 2.25. The number of rotatable bonds is 6. The molecule has 2 rings (SSSR count). The predicted molar refractivity (Wildman–Crippen MR) is 85.2 cm³/mol. The Morgan fingerprint density at radius 2 is 2.24 bits per heavy atom. The van der Waals surface area contributed by atoms with Crippen LogP contribution in [0.4, 0.5) is 0 Å². The van der Waals surface area contributed by atoms with Crippen molar-refractivity contribution in [3.05, 3.63) is 35.6 Å². The molecule has 0 bridgehead atoms. The first kappa shape index (κ1) is 15.9. The molecule has 0 saturated carbocycles. The van der Waals surface area contributed by atoms with Gasteiger partial charge in [-0.1, -0.05) is 18.2 Å². The third-order valence-corrected chi connectivity index (χ3v) is 3.85. The van der Waals surface area contributed by atoms with E-state index in [1.165, 1.54) is 11.8 Å². The topological polar surface area (TPSA) is 82.7 Å². The molecule has 21 heavy (non-hydrogen) atoms. The van der Waals surface area contributed by atoms with E-state index in [-0.39, 0.29) is 11.7 Å². The minimum absolute atomic E-state index is 0.218. The molecule has 1 unspecified atom stereocenters. The normalized spacial score (nSPS) is 12.4. The smallest absolute Gasteiger partial charge is 0.464 e. The number of thioether (sulfide) groups is 1. The van der Waals surface area contributed by atoms with E-state index in [1.54, 1.807) is 6.26 Å². The largest absolute Gasteiger partial charge is 0.475 e. The highest BCUT2D eigenvalue weighted by atomic mass is 32.2. The Bertz CT molecular complexity index is 628. The predicted octanol–water partition coefficient (Wildman–Crippen LogP) is 1.14. The summed E-state index contributed by atoms with van der Waals surface area (Å²) in [5, 5.41) is 22.5. The molecular weight excluding hydrogens is 289 g/mol. The van der Waals surface area contributed by atoms with Crippen molar-refractivity contribution in [2.24, 2.45) is 0 Å². The van der Waals surface area contributed by atoms with Crippen LogP contribution in [-0.4, -0.2) is 41.0 Å². The molecule has 1 atom stereocenters. The summed E-state index contributed by atoms with van der Waals surface area (Å²) in [4.78, 5) is 11.6. The Labute approximate surface area is 127 Å². The van der Waals surface area contributed by atoms with E-state index in [0.29, 0.717) is 6.42 Å². The number of hydrogen-bond acceptors (Lipinski definition) is 5. The summed E-state index contributed by atoms with van der Waals surface area (Å²) in [7, 11) is -1.62. The van der Waals surface area contributed by atoms with Crippen molar-refractivity contribution in [3.63, 3.8) is 0 Å². The zero-order valence-corrected chi connectivity index (χ0v) is 12.8. The highest BCUT2D eigenvalue weighted by molar-refractivity contribution is 7.99. The molecule has 0 spiro atoms. The third-order valence-electron chi connectivity index (χ3n) is 3.30. The van der Waals surface area contributed by atoms with Gasteiger partial charge in [-0.15, -0.1) is 0 Å². The summed E-state index contributed by atoms with van der Waals surface area (Å²) in [6.45, 7) is 1.95. The van der Waals surface area contributed by atoms with E-state index in [2.05, 4.69) is 5.32 Å². The van der Waals surface area contributed by atoms with Gasteiger partial charge in [0.25, 0.3) is 0 Å². The van der Waals surface area contributed by atoms with E-state index < -0.39 is 13.1 Å². The Morgan fingerprint density at radius 1 is 1.48 bits per heavy atom. The summed E-state index contributed by atoms with van der Waals surface area (Å²) in [6.07, 6.45) is 3.72. The minimum Gasteiger partial charge on any atom is -0.464 e. The van der Waals surface area contributed by atoms with Gasteiger partial charge in [0.05, 0.1) is 18.0 Å². The molecule has 112 valence electrons. The molecule has 5 nitrogen and oxygen atoms in total. The first-order valence-corrected chi connectivity index (χ1v) is 8.02. The zero-order chi connectivity index (χ0) is 15.4. The lowest BCUT2D eigenvalue weighted by molar-refractivity contribution is -0.118. The van der Waals surface area contributed by atoms with Crippen molar-refractivity contribution in [1.82, 2.24) is 5.32 Å². The number of aryl methyl sites for hydroxylation is 1. The minimum atomic E-state index is -1.62. The molecule has 0 fully saturated rings. The second kappa shape index (κ2) is 7.02. The summed E-state index contributed by atoms with van der Waals surface area (Å²) >= 11 is 1.38. The molecule has 7 heteroatoms. The number of benzene rings is 1. The van der Waals surface area contributed by atoms with Crippen LogP contribution in [0.15, 0.2) is 28.9 Å². The third kappa shape index (κ3) is 3.81. The monoisotopic (exact) mass is 307 g/mol. The second-order valence-electron chi connectivity index (χ2n) is 4.94. The van der Waals surface area contributed by atoms with Gasteiger partial charge < -0.3 is 19.8 Å². The number of hydrogen-bond donors (Lipinski definition) is 3.